The van der Waals surface area contributed by atoms with Crippen molar-refractivity contribution in [3.63, 3.8) is 0 Å². The Morgan fingerprint density at radius 3 is 2.29 bits per heavy atom. The number of carbonyl (C=O) groups excluding carboxylic acids is 1. The van der Waals surface area contributed by atoms with Crippen LogP contribution in [0.15, 0.2) is 6.07 Å². The lowest BCUT2D eigenvalue weighted by molar-refractivity contribution is -0.107. The molecule has 0 aromatic heterocycles. The van der Waals surface area contributed by atoms with Crippen LogP contribution in [0, 0.1) is 0 Å². The minimum atomic E-state index is 0.367. The zero-order valence-corrected chi connectivity index (χ0v) is 10.8. The molecule has 0 radical (unpaired) electrons. The molecule has 17 heavy (non-hydrogen) atoms. The standard InChI is InChI=1S/C12H15ClO4/c1-15-9-7-10(16-2)12(17-3)8(11(9)13)5-4-6-14/h6-7H,4-5H2,1-3H3. The molecule has 4 nitrogen and oxygen atoms in total. The fraction of sp³-hybridized carbons (Fsp3) is 0.417. The second-order valence-corrected chi connectivity index (χ2v) is 3.69. The lowest BCUT2D eigenvalue weighted by atomic mass is 10.1. The summed E-state index contributed by atoms with van der Waals surface area (Å²) in [5.74, 6) is 1.58. The van der Waals surface area contributed by atoms with Crippen molar-refractivity contribution in [2.24, 2.45) is 0 Å². The first-order valence-corrected chi connectivity index (χ1v) is 5.48. The van der Waals surface area contributed by atoms with E-state index < -0.39 is 0 Å². The van der Waals surface area contributed by atoms with Crippen LogP contribution in [0.2, 0.25) is 5.02 Å². The van der Waals surface area contributed by atoms with E-state index in [9.17, 15) is 4.79 Å². The second-order valence-electron chi connectivity index (χ2n) is 3.31. The number of benzene rings is 1. The summed E-state index contributed by atoms with van der Waals surface area (Å²) in [6.45, 7) is 0. The van der Waals surface area contributed by atoms with E-state index >= 15 is 0 Å². The van der Waals surface area contributed by atoms with Crippen LogP contribution in [0.1, 0.15) is 12.0 Å². The summed E-state index contributed by atoms with van der Waals surface area (Å²) in [6, 6.07) is 1.66. The summed E-state index contributed by atoms with van der Waals surface area (Å²) in [5, 5.41) is 0.451. The first-order chi connectivity index (χ1) is 8.19. The Kier molecular flexibility index (Phi) is 5.10. The molecule has 1 aromatic rings. The molecule has 0 heterocycles. The third kappa shape index (κ3) is 2.82. The van der Waals surface area contributed by atoms with Crippen LogP contribution < -0.4 is 14.2 Å². The third-order valence-electron chi connectivity index (χ3n) is 2.40. The fourth-order valence-electron chi connectivity index (χ4n) is 1.60. The number of carbonyl (C=O) groups is 1. The van der Waals surface area contributed by atoms with Gasteiger partial charge in [-0.15, -0.1) is 0 Å². The predicted molar refractivity (Wildman–Crippen MR) is 65.5 cm³/mol. The highest BCUT2D eigenvalue weighted by Gasteiger charge is 2.18. The zero-order chi connectivity index (χ0) is 12.8. The summed E-state index contributed by atoms with van der Waals surface area (Å²) < 4.78 is 15.6. The van der Waals surface area contributed by atoms with E-state index in [1.807, 2.05) is 0 Å². The van der Waals surface area contributed by atoms with Crippen LogP contribution in [-0.2, 0) is 11.2 Å². The molecule has 0 aliphatic carbocycles. The molecule has 0 spiro atoms. The molecule has 0 bridgehead atoms. The molecule has 1 aromatic carbocycles. The molecule has 0 aliphatic rings. The van der Waals surface area contributed by atoms with Crippen LogP contribution in [0.5, 0.6) is 17.2 Å². The normalized spacial score (nSPS) is 9.88. The van der Waals surface area contributed by atoms with Gasteiger partial charge in [-0.05, 0) is 6.42 Å². The Labute approximate surface area is 105 Å². The van der Waals surface area contributed by atoms with E-state index in [-0.39, 0.29) is 0 Å². The minimum absolute atomic E-state index is 0.367. The van der Waals surface area contributed by atoms with Gasteiger partial charge in [0.1, 0.15) is 12.0 Å². The monoisotopic (exact) mass is 258 g/mol. The van der Waals surface area contributed by atoms with Crippen molar-refractivity contribution in [3.05, 3.63) is 16.7 Å². The van der Waals surface area contributed by atoms with Gasteiger partial charge in [-0.3, -0.25) is 0 Å². The van der Waals surface area contributed by atoms with Crippen molar-refractivity contribution in [1.82, 2.24) is 0 Å². The Morgan fingerprint density at radius 2 is 1.82 bits per heavy atom. The summed E-state index contributed by atoms with van der Waals surface area (Å²) >= 11 is 6.18. The van der Waals surface area contributed by atoms with Crippen molar-refractivity contribution in [3.8, 4) is 17.2 Å². The van der Waals surface area contributed by atoms with Gasteiger partial charge in [0.05, 0.1) is 26.4 Å². The van der Waals surface area contributed by atoms with Gasteiger partial charge in [0.15, 0.2) is 11.5 Å². The Bertz CT molecular complexity index is 404. The number of halogens is 1. The molecule has 5 heteroatoms. The number of ether oxygens (including phenoxy) is 3. The van der Waals surface area contributed by atoms with E-state index in [1.54, 1.807) is 6.07 Å². The first kappa shape index (κ1) is 13.6. The van der Waals surface area contributed by atoms with Gasteiger partial charge in [0.2, 0.25) is 0 Å². The predicted octanol–water partition coefficient (Wildman–Crippen LogP) is 2.50. The SMILES string of the molecule is COc1cc(OC)c(OC)c(CCC=O)c1Cl. The molecule has 0 aliphatic heterocycles. The molecular weight excluding hydrogens is 244 g/mol. The molecule has 0 amide bonds. The van der Waals surface area contributed by atoms with Crippen LogP contribution in [0.4, 0.5) is 0 Å². The number of hydrogen-bond donors (Lipinski definition) is 0. The van der Waals surface area contributed by atoms with E-state index in [1.165, 1.54) is 21.3 Å². The molecule has 94 valence electrons. The molecule has 1 rings (SSSR count). The van der Waals surface area contributed by atoms with E-state index in [4.69, 9.17) is 25.8 Å². The van der Waals surface area contributed by atoms with Gasteiger partial charge in [0.25, 0.3) is 0 Å². The summed E-state index contributed by atoms with van der Waals surface area (Å²) in [7, 11) is 4.59. The average Bonchev–Trinajstić information content (AvgIpc) is 2.36. The highest BCUT2D eigenvalue weighted by molar-refractivity contribution is 6.33. The van der Waals surface area contributed by atoms with Crippen LogP contribution in [0.25, 0.3) is 0 Å². The highest BCUT2D eigenvalue weighted by atomic mass is 35.5. The van der Waals surface area contributed by atoms with Gasteiger partial charge in [0, 0.05) is 18.1 Å². The van der Waals surface area contributed by atoms with Gasteiger partial charge in [-0.1, -0.05) is 11.6 Å². The molecular formula is C12H15ClO4. The maximum atomic E-state index is 10.5. The second kappa shape index (κ2) is 6.35. The van der Waals surface area contributed by atoms with Gasteiger partial charge >= 0.3 is 0 Å². The van der Waals surface area contributed by atoms with E-state index in [0.29, 0.717) is 35.1 Å². The van der Waals surface area contributed by atoms with Gasteiger partial charge in [-0.2, -0.15) is 0 Å². The van der Waals surface area contributed by atoms with E-state index in [2.05, 4.69) is 0 Å². The maximum Gasteiger partial charge on any atom is 0.165 e. The molecule has 0 N–H and O–H groups in total. The number of hydrogen-bond acceptors (Lipinski definition) is 4. The number of methoxy groups -OCH3 is 3. The molecule has 0 unspecified atom stereocenters. The fourth-order valence-corrected chi connectivity index (χ4v) is 1.91. The van der Waals surface area contributed by atoms with Crippen LogP contribution >= 0.6 is 11.6 Å². The molecule has 0 saturated heterocycles. The largest absolute Gasteiger partial charge is 0.495 e. The maximum absolute atomic E-state index is 10.5. The van der Waals surface area contributed by atoms with E-state index in [0.717, 1.165) is 11.8 Å². The molecule has 0 saturated carbocycles. The third-order valence-corrected chi connectivity index (χ3v) is 2.81. The van der Waals surface area contributed by atoms with Crippen LogP contribution in [-0.4, -0.2) is 27.6 Å². The molecule has 0 atom stereocenters. The first-order valence-electron chi connectivity index (χ1n) is 5.10. The van der Waals surface area contributed by atoms with Gasteiger partial charge in [-0.25, -0.2) is 0 Å². The smallest absolute Gasteiger partial charge is 0.165 e. The highest BCUT2D eigenvalue weighted by Crippen LogP contribution is 2.42. The summed E-state index contributed by atoms with van der Waals surface area (Å²) in [4.78, 5) is 10.5. The Hall–Kier alpha value is -1.42. The Morgan fingerprint density at radius 1 is 1.18 bits per heavy atom. The Balaban J connectivity index is 3.33. The van der Waals surface area contributed by atoms with Crippen molar-refractivity contribution >= 4 is 17.9 Å². The topological polar surface area (TPSA) is 44.8 Å². The lowest BCUT2D eigenvalue weighted by Crippen LogP contribution is -2.00. The van der Waals surface area contributed by atoms with Crippen molar-refractivity contribution in [1.29, 1.82) is 0 Å². The number of rotatable bonds is 6. The van der Waals surface area contributed by atoms with Gasteiger partial charge < -0.3 is 19.0 Å². The average molecular weight is 259 g/mol. The lowest BCUT2D eigenvalue weighted by Gasteiger charge is -2.16. The minimum Gasteiger partial charge on any atom is -0.495 e. The zero-order valence-electron chi connectivity index (χ0n) is 10.1. The van der Waals surface area contributed by atoms with Crippen molar-refractivity contribution < 1.29 is 19.0 Å². The quantitative estimate of drug-likeness (QED) is 0.736. The number of aldehydes is 1. The summed E-state index contributed by atoms with van der Waals surface area (Å²) in [6.07, 6.45) is 1.69. The van der Waals surface area contributed by atoms with Crippen molar-refractivity contribution in [2.75, 3.05) is 21.3 Å². The van der Waals surface area contributed by atoms with Crippen molar-refractivity contribution in [2.45, 2.75) is 12.8 Å². The molecule has 0 fully saturated rings. The van der Waals surface area contributed by atoms with Crippen LogP contribution in [0.3, 0.4) is 0 Å². The summed E-state index contributed by atoms with van der Waals surface area (Å²) in [5.41, 5.74) is 0.720.